The Balaban J connectivity index is 2.12. The van der Waals surface area contributed by atoms with Crippen molar-refractivity contribution in [2.75, 3.05) is 11.1 Å². The number of hydrogen-bond donors (Lipinski definition) is 2. The Kier molecular flexibility index (Phi) is 3.36. The number of benzene rings is 1. The van der Waals surface area contributed by atoms with E-state index in [1.165, 1.54) is 17.1 Å². The van der Waals surface area contributed by atoms with E-state index in [-0.39, 0.29) is 6.04 Å². The molecule has 0 bridgehead atoms. The van der Waals surface area contributed by atoms with Crippen molar-refractivity contribution in [2.24, 2.45) is 0 Å². The van der Waals surface area contributed by atoms with Crippen LogP contribution < -0.4 is 11.1 Å². The third-order valence-corrected chi connectivity index (χ3v) is 3.01. The SMILES string of the molecule is CCC(Nc1nc(N)ns1)c1ccccc1. The van der Waals surface area contributed by atoms with E-state index < -0.39 is 0 Å². The summed E-state index contributed by atoms with van der Waals surface area (Å²) in [7, 11) is 0. The molecule has 1 atom stereocenters. The lowest BCUT2D eigenvalue weighted by molar-refractivity contribution is 0.748. The van der Waals surface area contributed by atoms with Gasteiger partial charge in [0.25, 0.3) is 0 Å². The summed E-state index contributed by atoms with van der Waals surface area (Å²) in [5, 5.41) is 4.10. The monoisotopic (exact) mass is 234 g/mol. The van der Waals surface area contributed by atoms with Gasteiger partial charge in [-0.2, -0.15) is 9.36 Å². The van der Waals surface area contributed by atoms with Crippen molar-refractivity contribution in [1.29, 1.82) is 0 Å². The number of nitrogen functional groups attached to an aromatic ring is 1. The van der Waals surface area contributed by atoms with Crippen LogP contribution in [0.15, 0.2) is 30.3 Å². The highest BCUT2D eigenvalue weighted by Gasteiger charge is 2.10. The fraction of sp³-hybridized carbons (Fsp3) is 0.273. The van der Waals surface area contributed by atoms with Crippen molar-refractivity contribution in [3.8, 4) is 0 Å². The molecule has 0 aliphatic rings. The average molecular weight is 234 g/mol. The van der Waals surface area contributed by atoms with Crippen LogP contribution in [0.25, 0.3) is 0 Å². The Labute approximate surface area is 98.7 Å². The van der Waals surface area contributed by atoms with E-state index in [0.29, 0.717) is 5.95 Å². The van der Waals surface area contributed by atoms with Crippen LogP contribution in [0, 0.1) is 0 Å². The largest absolute Gasteiger partial charge is 0.367 e. The molecule has 0 fully saturated rings. The molecule has 1 aromatic heterocycles. The summed E-state index contributed by atoms with van der Waals surface area (Å²) in [6, 6.07) is 10.5. The molecule has 0 saturated carbocycles. The van der Waals surface area contributed by atoms with Gasteiger partial charge in [0.15, 0.2) is 0 Å². The van der Waals surface area contributed by atoms with E-state index in [9.17, 15) is 0 Å². The molecule has 84 valence electrons. The molecule has 0 saturated heterocycles. The quantitative estimate of drug-likeness (QED) is 0.853. The Hall–Kier alpha value is -1.62. The standard InChI is InChI=1S/C11H14N4S/c1-2-9(8-6-4-3-5-7-8)13-11-14-10(12)15-16-11/h3-7,9H,2H2,1H3,(H3,12,13,14,15). The van der Waals surface area contributed by atoms with Crippen LogP contribution in [0.1, 0.15) is 24.9 Å². The summed E-state index contributed by atoms with van der Waals surface area (Å²) >= 11 is 1.29. The van der Waals surface area contributed by atoms with Crippen molar-refractivity contribution in [1.82, 2.24) is 9.36 Å². The Bertz CT molecular complexity index is 440. The third kappa shape index (κ3) is 2.49. The number of nitrogens with zero attached hydrogens (tertiary/aromatic N) is 2. The summed E-state index contributed by atoms with van der Waals surface area (Å²) in [6.45, 7) is 2.13. The lowest BCUT2D eigenvalue weighted by Crippen LogP contribution is -2.09. The predicted octanol–water partition coefficient (Wildman–Crippen LogP) is 2.68. The number of nitrogens with one attached hydrogen (secondary N) is 1. The van der Waals surface area contributed by atoms with E-state index in [1.807, 2.05) is 18.2 Å². The van der Waals surface area contributed by atoms with Gasteiger partial charge in [0.05, 0.1) is 6.04 Å². The summed E-state index contributed by atoms with van der Waals surface area (Å²) in [4.78, 5) is 4.10. The second-order valence-electron chi connectivity index (χ2n) is 3.47. The summed E-state index contributed by atoms with van der Waals surface area (Å²) < 4.78 is 3.94. The Morgan fingerprint density at radius 3 is 2.69 bits per heavy atom. The lowest BCUT2D eigenvalue weighted by Gasteiger charge is -2.15. The van der Waals surface area contributed by atoms with Crippen molar-refractivity contribution >= 4 is 22.6 Å². The van der Waals surface area contributed by atoms with Crippen LogP contribution in [0.2, 0.25) is 0 Å². The third-order valence-electron chi connectivity index (χ3n) is 2.35. The molecule has 0 spiro atoms. The van der Waals surface area contributed by atoms with Crippen LogP contribution in [0.3, 0.4) is 0 Å². The maximum absolute atomic E-state index is 5.48. The first-order valence-electron chi connectivity index (χ1n) is 5.20. The molecule has 1 heterocycles. The maximum Gasteiger partial charge on any atom is 0.233 e. The summed E-state index contributed by atoms with van der Waals surface area (Å²) in [5.41, 5.74) is 6.73. The average Bonchev–Trinajstić information content (AvgIpc) is 2.73. The van der Waals surface area contributed by atoms with Crippen LogP contribution >= 0.6 is 11.5 Å². The smallest absolute Gasteiger partial charge is 0.233 e. The molecule has 0 aliphatic carbocycles. The molecular formula is C11H14N4S. The lowest BCUT2D eigenvalue weighted by atomic mass is 10.1. The number of nitrogens with two attached hydrogens (primary N) is 1. The fourth-order valence-corrected chi connectivity index (χ4v) is 2.10. The minimum Gasteiger partial charge on any atom is -0.367 e. The fourth-order valence-electron chi connectivity index (χ4n) is 1.55. The molecule has 3 N–H and O–H groups in total. The van der Waals surface area contributed by atoms with Gasteiger partial charge in [-0.05, 0) is 12.0 Å². The topological polar surface area (TPSA) is 63.8 Å². The number of aromatic nitrogens is 2. The first kappa shape index (κ1) is 10.9. The second-order valence-corrected chi connectivity index (χ2v) is 4.23. The van der Waals surface area contributed by atoms with Gasteiger partial charge >= 0.3 is 0 Å². The van der Waals surface area contributed by atoms with Crippen molar-refractivity contribution in [3.63, 3.8) is 0 Å². The molecular weight excluding hydrogens is 220 g/mol. The Morgan fingerprint density at radius 1 is 1.38 bits per heavy atom. The molecule has 0 amide bonds. The molecule has 0 aliphatic heterocycles. The van der Waals surface area contributed by atoms with E-state index in [0.717, 1.165) is 11.6 Å². The van der Waals surface area contributed by atoms with Crippen molar-refractivity contribution < 1.29 is 0 Å². The van der Waals surface area contributed by atoms with Gasteiger partial charge < -0.3 is 11.1 Å². The zero-order chi connectivity index (χ0) is 11.4. The molecule has 0 radical (unpaired) electrons. The van der Waals surface area contributed by atoms with Gasteiger partial charge in [-0.15, -0.1) is 0 Å². The predicted molar refractivity (Wildman–Crippen MR) is 67.4 cm³/mol. The van der Waals surface area contributed by atoms with E-state index >= 15 is 0 Å². The zero-order valence-corrected chi connectivity index (χ0v) is 9.87. The molecule has 16 heavy (non-hydrogen) atoms. The highest BCUT2D eigenvalue weighted by atomic mass is 32.1. The normalized spacial score (nSPS) is 12.3. The molecule has 2 aromatic rings. The molecule has 1 aromatic carbocycles. The van der Waals surface area contributed by atoms with Crippen LogP contribution in [-0.4, -0.2) is 9.36 Å². The molecule has 1 unspecified atom stereocenters. The summed E-state index contributed by atoms with van der Waals surface area (Å²) in [5.74, 6) is 0.329. The van der Waals surface area contributed by atoms with Gasteiger partial charge in [-0.1, -0.05) is 37.3 Å². The zero-order valence-electron chi connectivity index (χ0n) is 9.05. The first-order valence-corrected chi connectivity index (χ1v) is 5.97. The number of anilines is 2. The van der Waals surface area contributed by atoms with E-state index in [2.05, 4.69) is 33.7 Å². The van der Waals surface area contributed by atoms with E-state index in [1.54, 1.807) is 0 Å². The highest BCUT2D eigenvalue weighted by Crippen LogP contribution is 2.23. The minimum atomic E-state index is 0.258. The van der Waals surface area contributed by atoms with Gasteiger partial charge in [0, 0.05) is 11.5 Å². The van der Waals surface area contributed by atoms with Crippen molar-refractivity contribution in [3.05, 3.63) is 35.9 Å². The molecule has 5 heteroatoms. The van der Waals surface area contributed by atoms with Crippen LogP contribution in [0.5, 0.6) is 0 Å². The first-order chi connectivity index (χ1) is 7.79. The number of rotatable bonds is 4. The van der Waals surface area contributed by atoms with Gasteiger partial charge in [0.1, 0.15) is 0 Å². The van der Waals surface area contributed by atoms with Crippen LogP contribution in [-0.2, 0) is 0 Å². The Morgan fingerprint density at radius 2 is 2.12 bits per heavy atom. The van der Waals surface area contributed by atoms with Gasteiger partial charge in [-0.25, -0.2) is 0 Å². The highest BCUT2D eigenvalue weighted by molar-refractivity contribution is 7.09. The summed E-state index contributed by atoms with van der Waals surface area (Å²) in [6.07, 6.45) is 0.990. The van der Waals surface area contributed by atoms with Crippen molar-refractivity contribution in [2.45, 2.75) is 19.4 Å². The van der Waals surface area contributed by atoms with Crippen LogP contribution in [0.4, 0.5) is 11.1 Å². The number of hydrogen-bond acceptors (Lipinski definition) is 5. The molecule has 2 rings (SSSR count). The molecule has 4 nitrogen and oxygen atoms in total. The minimum absolute atomic E-state index is 0.258. The van der Waals surface area contributed by atoms with Gasteiger partial charge in [-0.3, -0.25) is 0 Å². The van der Waals surface area contributed by atoms with E-state index in [4.69, 9.17) is 5.73 Å². The second kappa shape index (κ2) is 4.94. The maximum atomic E-state index is 5.48. The van der Waals surface area contributed by atoms with Gasteiger partial charge in [0.2, 0.25) is 11.1 Å².